The molecule has 1 N–H and O–H groups in total. The topological polar surface area (TPSA) is 42.7 Å². The number of aromatic nitrogens is 3. The molecule has 86 valence electrons. The van der Waals surface area contributed by atoms with E-state index in [0.717, 1.165) is 12.2 Å². The summed E-state index contributed by atoms with van der Waals surface area (Å²) in [5.74, 6) is 0.660. The first kappa shape index (κ1) is 12.2. The van der Waals surface area contributed by atoms with E-state index in [1.807, 2.05) is 10.9 Å². The molecule has 0 aliphatic rings. The first-order valence-corrected chi connectivity index (χ1v) is 5.65. The van der Waals surface area contributed by atoms with E-state index in [9.17, 15) is 0 Å². The zero-order chi connectivity index (χ0) is 11.4. The number of rotatable bonds is 5. The highest BCUT2D eigenvalue weighted by Crippen LogP contribution is 2.10. The van der Waals surface area contributed by atoms with Crippen molar-refractivity contribution in [3.8, 4) is 0 Å². The molecule has 0 bridgehead atoms. The summed E-state index contributed by atoms with van der Waals surface area (Å²) in [7, 11) is 0. The van der Waals surface area contributed by atoms with E-state index in [1.165, 1.54) is 0 Å². The third-order valence-electron chi connectivity index (χ3n) is 2.33. The van der Waals surface area contributed by atoms with Gasteiger partial charge in [0.05, 0.1) is 17.9 Å². The van der Waals surface area contributed by atoms with Gasteiger partial charge in [0, 0.05) is 6.04 Å². The van der Waals surface area contributed by atoms with Gasteiger partial charge in [0.1, 0.15) is 0 Å². The van der Waals surface area contributed by atoms with Crippen LogP contribution in [0.15, 0.2) is 6.20 Å². The van der Waals surface area contributed by atoms with Gasteiger partial charge in [0.25, 0.3) is 0 Å². The fourth-order valence-electron chi connectivity index (χ4n) is 1.26. The second kappa shape index (κ2) is 5.26. The van der Waals surface area contributed by atoms with Crippen LogP contribution in [0.5, 0.6) is 0 Å². The Morgan fingerprint density at radius 3 is 2.40 bits per heavy atom. The standard InChI is InChI=1S/C11H22N4/c1-8(2)6-12-10(5)11-7-15(9(3)4)14-13-11/h7-10,12H,6H2,1-5H3. The molecular weight excluding hydrogens is 188 g/mol. The van der Waals surface area contributed by atoms with E-state index in [4.69, 9.17) is 0 Å². The average Bonchev–Trinajstić information content (AvgIpc) is 2.62. The van der Waals surface area contributed by atoms with Crippen molar-refractivity contribution in [2.75, 3.05) is 6.54 Å². The van der Waals surface area contributed by atoms with Crippen molar-refractivity contribution in [2.45, 2.75) is 46.7 Å². The van der Waals surface area contributed by atoms with Crippen molar-refractivity contribution in [2.24, 2.45) is 5.92 Å². The predicted molar refractivity (Wildman–Crippen MR) is 61.7 cm³/mol. The van der Waals surface area contributed by atoms with Crippen LogP contribution in [0, 0.1) is 5.92 Å². The lowest BCUT2D eigenvalue weighted by Gasteiger charge is -2.12. The maximum absolute atomic E-state index is 4.17. The first-order chi connectivity index (χ1) is 7.00. The van der Waals surface area contributed by atoms with Crippen molar-refractivity contribution in [1.82, 2.24) is 20.3 Å². The van der Waals surface area contributed by atoms with Gasteiger partial charge < -0.3 is 5.32 Å². The Bertz CT molecular complexity index is 291. The third kappa shape index (κ3) is 3.63. The SMILES string of the molecule is CC(C)CNC(C)c1cn(C(C)C)nn1. The smallest absolute Gasteiger partial charge is 0.0993 e. The van der Waals surface area contributed by atoms with Gasteiger partial charge in [-0.1, -0.05) is 19.1 Å². The van der Waals surface area contributed by atoms with E-state index in [1.54, 1.807) is 0 Å². The Hall–Kier alpha value is -0.900. The normalized spacial score (nSPS) is 13.8. The Labute approximate surface area is 92.1 Å². The number of nitrogens with one attached hydrogen (secondary N) is 1. The van der Waals surface area contributed by atoms with Gasteiger partial charge in [0.15, 0.2) is 0 Å². The zero-order valence-electron chi connectivity index (χ0n) is 10.4. The highest BCUT2D eigenvalue weighted by molar-refractivity contribution is 4.99. The molecule has 0 aliphatic carbocycles. The minimum absolute atomic E-state index is 0.278. The van der Waals surface area contributed by atoms with E-state index in [0.29, 0.717) is 12.0 Å². The van der Waals surface area contributed by atoms with Gasteiger partial charge >= 0.3 is 0 Å². The number of nitrogens with zero attached hydrogens (tertiary/aromatic N) is 3. The fourth-order valence-corrected chi connectivity index (χ4v) is 1.26. The second-order valence-corrected chi connectivity index (χ2v) is 4.74. The van der Waals surface area contributed by atoms with E-state index < -0.39 is 0 Å². The minimum atomic E-state index is 0.278. The van der Waals surface area contributed by atoms with Crippen LogP contribution in [0.3, 0.4) is 0 Å². The van der Waals surface area contributed by atoms with Gasteiger partial charge in [-0.25, -0.2) is 4.68 Å². The lowest BCUT2D eigenvalue weighted by atomic mass is 10.2. The van der Waals surface area contributed by atoms with Crippen LogP contribution < -0.4 is 5.32 Å². The van der Waals surface area contributed by atoms with Crippen molar-refractivity contribution in [3.05, 3.63) is 11.9 Å². The molecular formula is C11H22N4. The molecule has 1 unspecified atom stereocenters. The average molecular weight is 210 g/mol. The van der Waals surface area contributed by atoms with Crippen molar-refractivity contribution in [3.63, 3.8) is 0 Å². The highest BCUT2D eigenvalue weighted by atomic mass is 15.4. The molecule has 0 fully saturated rings. The summed E-state index contributed by atoms with van der Waals surface area (Å²) in [4.78, 5) is 0. The summed E-state index contributed by atoms with van der Waals surface area (Å²) in [5.41, 5.74) is 1.02. The quantitative estimate of drug-likeness (QED) is 0.810. The summed E-state index contributed by atoms with van der Waals surface area (Å²) >= 11 is 0. The van der Waals surface area contributed by atoms with Gasteiger partial charge in [-0.3, -0.25) is 0 Å². The van der Waals surface area contributed by atoms with E-state index >= 15 is 0 Å². The molecule has 0 spiro atoms. The molecule has 4 nitrogen and oxygen atoms in total. The van der Waals surface area contributed by atoms with Crippen molar-refractivity contribution < 1.29 is 0 Å². The minimum Gasteiger partial charge on any atom is -0.308 e. The van der Waals surface area contributed by atoms with E-state index in [-0.39, 0.29) is 6.04 Å². The molecule has 1 aromatic heterocycles. The molecule has 1 heterocycles. The van der Waals surface area contributed by atoms with Crippen molar-refractivity contribution >= 4 is 0 Å². The van der Waals surface area contributed by atoms with Crippen LogP contribution in [0.1, 0.15) is 52.4 Å². The van der Waals surface area contributed by atoms with Crippen LogP contribution in [-0.2, 0) is 0 Å². The summed E-state index contributed by atoms with van der Waals surface area (Å²) in [6, 6.07) is 0.656. The molecule has 15 heavy (non-hydrogen) atoms. The molecule has 0 saturated heterocycles. The summed E-state index contributed by atoms with van der Waals surface area (Å²) in [6.07, 6.45) is 2.02. The molecule has 4 heteroatoms. The first-order valence-electron chi connectivity index (χ1n) is 5.65. The van der Waals surface area contributed by atoms with Crippen LogP contribution in [0.4, 0.5) is 0 Å². The highest BCUT2D eigenvalue weighted by Gasteiger charge is 2.10. The second-order valence-electron chi connectivity index (χ2n) is 4.74. The molecule has 0 aliphatic heterocycles. The molecule has 0 aromatic carbocycles. The largest absolute Gasteiger partial charge is 0.308 e. The molecule has 0 amide bonds. The predicted octanol–water partition coefficient (Wildman–Crippen LogP) is 2.17. The fraction of sp³-hybridized carbons (Fsp3) is 0.818. The molecule has 1 rings (SSSR count). The van der Waals surface area contributed by atoms with Gasteiger partial charge in [-0.05, 0) is 33.2 Å². The lowest BCUT2D eigenvalue weighted by molar-refractivity contribution is 0.489. The Balaban J connectivity index is 2.54. The monoisotopic (exact) mass is 210 g/mol. The number of hydrogen-bond donors (Lipinski definition) is 1. The molecule has 0 saturated carbocycles. The van der Waals surface area contributed by atoms with Gasteiger partial charge in [-0.2, -0.15) is 0 Å². The number of hydrogen-bond acceptors (Lipinski definition) is 3. The Kier molecular flexibility index (Phi) is 4.27. The van der Waals surface area contributed by atoms with Crippen LogP contribution in [-0.4, -0.2) is 21.5 Å². The zero-order valence-corrected chi connectivity index (χ0v) is 10.4. The van der Waals surface area contributed by atoms with Gasteiger partial charge in [-0.15, -0.1) is 5.10 Å². The van der Waals surface area contributed by atoms with E-state index in [2.05, 4.69) is 50.2 Å². The Morgan fingerprint density at radius 2 is 1.93 bits per heavy atom. The third-order valence-corrected chi connectivity index (χ3v) is 2.33. The maximum atomic E-state index is 4.17. The maximum Gasteiger partial charge on any atom is 0.0993 e. The molecule has 1 aromatic rings. The Morgan fingerprint density at radius 1 is 1.27 bits per heavy atom. The van der Waals surface area contributed by atoms with Crippen LogP contribution in [0.2, 0.25) is 0 Å². The summed E-state index contributed by atoms with van der Waals surface area (Å²) in [5, 5.41) is 11.7. The van der Waals surface area contributed by atoms with Crippen LogP contribution in [0.25, 0.3) is 0 Å². The van der Waals surface area contributed by atoms with Crippen molar-refractivity contribution in [1.29, 1.82) is 0 Å². The van der Waals surface area contributed by atoms with Crippen LogP contribution >= 0.6 is 0 Å². The molecule has 0 radical (unpaired) electrons. The molecule has 1 atom stereocenters. The summed E-state index contributed by atoms with van der Waals surface area (Å²) < 4.78 is 1.89. The van der Waals surface area contributed by atoms with Gasteiger partial charge in [0.2, 0.25) is 0 Å². The lowest BCUT2D eigenvalue weighted by Crippen LogP contribution is -2.23. The summed E-state index contributed by atoms with van der Waals surface area (Å²) in [6.45, 7) is 11.7.